The molecule has 1 aliphatic rings. The molecule has 0 bridgehead atoms. The van der Waals surface area contributed by atoms with Crippen molar-refractivity contribution in [3.05, 3.63) is 70.0 Å². The molecule has 1 aliphatic heterocycles. The lowest BCUT2D eigenvalue weighted by molar-refractivity contribution is -0.385. The number of benzene rings is 2. The van der Waals surface area contributed by atoms with Crippen molar-refractivity contribution in [2.75, 3.05) is 32.8 Å². The summed E-state index contributed by atoms with van der Waals surface area (Å²) < 4.78 is 18.4. The maximum atomic E-state index is 13.0. The number of amides is 1. The normalized spacial score (nSPS) is 15.1. The summed E-state index contributed by atoms with van der Waals surface area (Å²) in [6, 6.07) is 12.4. The quantitative estimate of drug-likeness (QED) is 0.563. The Morgan fingerprint density at radius 3 is 2.57 bits per heavy atom. The first-order chi connectivity index (χ1) is 13.5. The monoisotopic (exact) mass is 387 g/mol. The third-order valence-corrected chi connectivity index (χ3v) is 4.67. The predicted molar refractivity (Wildman–Crippen MR) is 101 cm³/mol. The summed E-state index contributed by atoms with van der Waals surface area (Å²) in [7, 11) is 0. The summed E-state index contributed by atoms with van der Waals surface area (Å²) >= 11 is 0. The van der Waals surface area contributed by atoms with Gasteiger partial charge in [0, 0.05) is 38.8 Å². The predicted octanol–water partition coefficient (Wildman–Crippen LogP) is 2.85. The van der Waals surface area contributed by atoms with Gasteiger partial charge in [0.05, 0.1) is 4.92 Å². The first-order valence-electron chi connectivity index (χ1n) is 9.14. The molecule has 2 aromatic rings. The van der Waals surface area contributed by atoms with E-state index in [1.807, 2.05) is 0 Å². The Kier molecular flexibility index (Phi) is 6.54. The molecule has 0 atom stereocenters. The number of ether oxygens (including phenoxy) is 1. The Labute approximate surface area is 162 Å². The highest BCUT2D eigenvalue weighted by atomic mass is 19.1. The number of halogens is 1. The van der Waals surface area contributed by atoms with E-state index in [0.717, 1.165) is 18.5 Å². The third-order valence-electron chi connectivity index (χ3n) is 4.67. The number of carbonyl (C=O) groups excluding carboxylic acids is 1. The van der Waals surface area contributed by atoms with Crippen LogP contribution in [0.15, 0.2) is 48.5 Å². The van der Waals surface area contributed by atoms with Crippen LogP contribution >= 0.6 is 0 Å². The Balaban J connectivity index is 1.51. The van der Waals surface area contributed by atoms with Gasteiger partial charge >= 0.3 is 5.69 Å². The van der Waals surface area contributed by atoms with E-state index in [4.69, 9.17) is 4.74 Å². The Hall–Kier alpha value is -3.00. The van der Waals surface area contributed by atoms with Gasteiger partial charge in [-0.1, -0.05) is 24.3 Å². The molecule has 0 radical (unpaired) electrons. The summed E-state index contributed by atoms with van der Waals surface area (Å²) in [5.74, 6) is -0.356. The Bertz CT molecular complexity index is 828. The number of rotatable bonds is 6. The van der Waals surface area contributed by atoms with Crippen molar-refractivity contribution >= 4 is 11.6 Å². The molecule has 2 aromatic carbocycles. The number of nitro benzene ring substituents is 1. The van der Waals surface area contributed by atoms with E-state index in [1.165, 1.54) is 24.3 Å². The average molecular weight is 387 g/mol. The van der Waals surface area contributed by atoms with E-state index in [-0.39, 0.29) is 29.8 Å². The van der Waals surface area contributed by atoms with Crippen molar-refractivity contribution < 1.29 is 18.8 Å². The lowest BCUT2D eigenvalue weighted by atomic mass is 10.2. The molecule has 28 heavy (non-hydrogen) atoms. The molecule has 7 nitrogen and oxygen atoms in total. The van der Waals surface area contributed by atoms with E-state index in [9.17, 15) is 19.3 Å². The third kappa shape index (κ3) is 5.26. The smallest absolute Gasteiger partial charge is 0.310 e. The van der Waals surface area contributed by atoms with Gasteiger partial charge in [0.2, 0.25) is 0 Å². The second-order valence-electron chi connectivity index (χ2n) is 6.65. The molecule has 8 heteroatoms. The van der Waals surface area contributed by atoms with Crippen LogP contribution in [-0.2, 0) is 11.3 Å². The van der Waals surface area contributed by atoms with Gasteiger partial charge in [-0.25, -0.2) is 4.39 Å². The fourth-order valence-corrected chi connectivity index (χ4v) is 3.19. The van der Waals surface area contributed by atoms with Crippen molar-refractivity contribution in [3.63, 3.8) is 0 Å². The molecular formula is C20H22FN3O4. The molecule has 0 saturated carbocycles. The summed E-state index contributed by atoms with van der Waals surface area (Å²) in [4.78, 5) is 26.9. The van der Waals surface area contributed by atoms with Gasteiger partial charge in [0.15, 0.2) is 12.4 Å². The number of nitro groups is 1. The molecule has 0 unspecified atom stereocenters. The Morgan fingerprint density at radius 1 is 1.07 bits per heavy atom. The molecular weight excluding hydrogens is 365 g/mol. The molecule has 0 aliphatic carbocycles. The first kappa shape index (κ1) is 19.8. The van der Waals surface area contributed by atoms with Crippen LogP contribution in [0.4, 0.5) is 10.1 Å². The van der Waals surface area contributed by atoms with Crippen LogP contribution in [0.1, 0.15) is 12.0 Å². The van der Waals surface area contributed by atoms with Gasteiger partial charge in [-0.15, -0.1) is 0 Å². The Morgan fingerprint density at radius 2 is 1.82 bits per heavy atom. The van der Waals surface area contributed by atoms with Crippen LogP contribution in [-0.4, -0.2) is 53.4 Å². The molecule has 1 heterocycles. The van der Waals surface area contributed by atoms with Crippen LogP contribution in [0, 0.1) is 15.9 Å². The average Bonchev–Trinajstić information content (AvgIpc) is 2.93. The van der Waals surface area contributed by atoms with E-state index in [0.29, 0.717) is 26.2 Å². The molecule has 0 aromatic heterocycles. The van der Waals surface area contributed by atoms with Crippen LogP contribution < -0.4 is 4.74 Å². The van der Waals surface area contributed by atoms with Gasteiger partial charge in [0.1, 0.15) is 5.82 Å². The van der Waals surface area contributed by atoms with Crippen LogP contribution in [0.5, 0.6) is 5.75 Å². The SMILES string of the molecule is O=C(COc1ccccc1[N+](=O)[O-])N1CCCN(Cc2ccc(F)cc2)CC1. The van der Waals surface area contributed by atoms with Crippen molar-refractivity contribution in [2.45, 2.75) is 13.0 Å². The summed E-state index contributed by atoms with van der Waals surface area (Å²) in [6.07, 6.45) is 0.818. The zero-order valence-electron chi connectivity index (χ0n) is 15.4. The summed E-state index contributed by atoms with van der Waals surface area (Å²) in [6.45, 7) is 3.18. The van der Waals surface area contributed by atoms with Crippen molar-refractivity contribution in [3.8, 4) is 5.75 Å². The number of carbonyl (C=O) groups is 1. The van der Waals surface area contributed by atoms with E-state index < -0.39 is 4.92 Å². The van der Waals surface area contributed by atoms with E-state index in [2.05, 4.69) is 4.90 Å². The molecule has 1 saturated heterocycles. The number of hydrogen-bond donors (Lipinski definition) is 0. The lowest BCUT2D eigenvalue weighted by Gasteiger charge is -2.22. The topological polar surface area (TPSA) is 75.9 Å². The molecule has 1 fully saturated rings. The zero-order valence-corrected chi connectivity index (χ0v) is 15.4. The maximum Gasteiger partial charge on any atom is 0.310 e. The van der Waals surface area contributed by atoms with Gasteiger partial charge in [-0.3, -0.25) is 19.8 Å². The van der Waals surface area contributed by atoms with Gasteiger partial charge in [-0.2, -0.15) is 0 Å². The van der Waals surface area contributed by atoms with Crippen molar-refractivity contribution in [2.24, 2.45) is 0 Å². The summed E-state index contributed by atoms with van der Waals surface area (Å²) in [5.41, 5.74) is 0.873. The molecule has 0 spiro atoms. The second-order valence-corrected chi connectivity index (χ2v) is 6.65. The number of nitrogens with zero attached hydrogens (tertiary/aromatic N) is 3. The molecule has 3 rings (SSSR count). The molecule has 148 valence electrons. The largest absolute Gasteiger partial charge is 0.477 e. The van der Waals surface area contributed by atoms with Crippen LogP contribution in [0.3, 0.4) is 0 Å². The highest BCUT2D eigenvalue weighted by Gasteiger charge is 2.21. The lowest BCUT2D eigenvalue weighted by Crippen LogP contribution is -2.38. The van der Waals surface area contributed by atoms with E-state index in [1.54, 1.807) is 29.2 Å². The minimum Gasteiger partial charge on any atom is -0.477 e. The molecule has 0 N–H and O–H groups in total. The van der Waals surface area contributed by atoms with Gasteiger partial charge < -0.3 is 9.64 Å². The standard InChI is InChI=1S/C20H22FN3O4/c21-17-8-6-16(7-9-17)14-22-10-3-11-23(13-12-22)20(25)15-28-19-5-2-1-4-18(19)24(26)27/h1-2,4-9H,3,10-15H2. The number of hydrogen-bond acceptors (Lipinski definition) is 5. The highest BCUT2D eigenvalue weighted by Crippen LogP contribution is 2.25. The van der Waals surface area contributed by atoms with Crippen molar-refractivity contribution in [1.82, 2.24) is 9.80 Å². The van der Waals surface area contributed by atoms with Crippen LogP contribution in [0.25, 0.3) is 0 Å². The minimum absolute atomic E-state index is 0.0913. The fraction of sp³-hybridized carbons (Fsp3) is 0.350. The highest BCUT2D eigenvalue weighted by molar-refractivity contribution is 5.78. The maximum absolute atomic E-state index is 13.0. The second kappa shape index (κ2) is 9.27. The summed E-state index contributed by atoms with van der Waals surface area (Å²) in [5, 5.41) is 11.0. The van der Waals surface area contributed by atoms with Gasteiger partial charge in [0.25, 0.3) is 5.91 Å². The van der Waals surface area contributed by atoms with Crippen LogP contribution in [0.2, 0.25) is 0 Å². The van der Waals surface area contributed by atoms with Crippen molar-refractivity contribution in [1.29, 1.82) is 0 Å². The number of para-hydroxylation sites is 2. The van der Waals surface area contributed by atoms with Gasteiger partial charge in [-0.05, 0) is 30.2 Å². The minimum atomic E-state index is -0.529. The van der Waals surface area contributed by atoms with E-state index >= 15 is 0 Å². The fourth-order valence-electron chi connectivity index (χ4n) is 3.19. The zero-order chi connectivity index (χ0) is 19.9. The first-order valence-corrected chi connectivity index (χ1v) is 9.14. The molecule has 1 amide bonds.